The maximum Gasteiger partial charge on any atom is 0.383 e. The van der Waals surface area contributed by atoms with Gasteiger partial charge in [0, 0.05) is 5.56 Å². The van der Waals surface area contributed by atoms with Crippen molar-refractivity contribution in [3.8, 4) is 16.9 Å². The summed E-state index contributed by atoms with van der Waals surface area (Å²) in [5.41, 5.74) is -1.77. The Morgan fingerprint density at radius 3 is 1.79 bits per heavy atom. The summed E-state index contributed by atoms with van der Waals surface area (Å²) in [5.74, 6) is -18.3. The zero-order valence-corrected chi connectivity index (χ0v) is 14.3. The first-order valence-electron chi connectivity index (χ1n) is 8.13. The molecule has 0 fully saturated rings. The predicted octanol–water partition coefficient (Wildman–Crippen LogP) is 6.17. The van der Waals surface area contributed by atoms with Crippen LogP contribution in [0.15, 0.2) is 66.7 Å². The minimum Gasteiger partial charge on any atom is -0.231 e. The van der Waals surface area contributed by atoms with Gasteiger partial charge in [0.05, 0.1) is 11.4 Å². The van der Waals surface area contributed by atoms with E-state index in [1.807, 2.05) is 0 Å². The molecule has 0 aliphatic carbocycles. The predicted molar refractivity (Wildman–Crippen MR) is 88.8 cm³/mol. The molecule has 0 atom stereocenters. The van der Waals surface area contributed by atoms with E-state index in [1.165, 1.54) is 54.6 Å². The van der Waals surface area contributed by atoms with Crippen molar-refractivity contribution in [2.24, 2.45) is 0 Å². The molecule has 1 heterocycles. The number of halogens is 8. The Kier molecular flexibility index (Phi) is 5.14. The van der Waals surface area contributed by atoms with E-state index < -0.39 is 29.9 Å². The van der Waals surface area contributed by atoms with Gasteiger partial charge in [-0.2, -0.15) is 31.4 Å². The zero-order chi connectivity index (χ0) is 21.4. The lowest BCUT2D eigenvalue weighted by atomic mass is 10.0. The van der Waals surface area contributed by atoms with Crippen LogP contribution in [-0.4, -0.2) is 28.1 Å². The third-order valence-electron chi connectivity index (χ3n) is 4.19. The van der Waals surface area contributed by atoms with Gasteiger partial charge in [0.1, 0.15) is 5.69 Å². The largest absolute Gasteiger partial charge is 0.383 e. The van der Waals surface area contributed by atoms with Gasteiger partial charge in [-0.3, -0.25) is 0 Å². The van der Waals surface area contributed by atoms with Crippen LogP contribution >= 0.6 is 0 Å². The molecule has 0 aliphatic heterocycles. The van der Waals surface area contributed by atoms with Crippen molar-refractivity contribution in [1.29, 1.82) is 0 Å². The summed E-state index contributed by atoms with van der Waals surface area (Å²) in [7, 11) is 0. The normalized spacial score (nSPS) is 13.1. The summed E-state index contributed by atoms with van der Waals surface area (Å²) in [6.45, 7) is 0. The SMILES string of the molecule is FC(F)C(F)(F)C(F)(F)C(F)(F)c1cc(-c2ccccc2)nn1-c1ccccc1. The average molecular weight is 420 g/mol. The van der Waals surface area contributed by atoms with Crippen LogP contribution in [0.5, 0.6) is 0 Å². The van der Waals surface area contributed by atoms with E-state index in [0.29, 0.717) is 10.7 Å². The van der Waals surface area contributed by atoms with Gasteiger partial charge in [-0.1, -0.05) is 48.5 Å². The van der Waals surface area contributed by atoms with Crippen LogP contribution in [0.4, 0.5) is 35.1 Å². The Morgan fingerprint density at radius 2 is 1.28 bits per heavy atom. The molecule has 3 rings (SSSR count). The van der Waals surface area contributed by atoms with Crippen LogP contribution in [0.1, 0.15) is 5.69 Å². The van der Waals surface area contributed by atoms with Gasteiger partial charge in [0.15, 0.2) is 0 Å². The molecule has 10 heteroatoms. The highest BCUT2D eigenvalue weighted by molar-refractivity contribution is 5.60. The maximum absolute atomic E-state index is 14.6. The monoisotopic (exact) mass is 420 g/mol. The lowest BCUT2D eigenvalue weighted by Gasteiger charge is -2.32. The van der Waals surface area contributed by atoms with Gasteiger partial charge in [-0.25, -0.2) is 13.5 Å². The molecule has 2 aromatic carbocycles. The van der Waals surface area contributed by atoms with Crippen molar-refractivity contribution < 1.29 is 35.1 Å². The van der Waals surface area contributed by atoms with Crippen molar-refractivity contribution in [3.63, 3.8) is 0 Å². The molecular formula is C19H12F8N2. The van der Waals surface area contributed by atoms with Gasteiger partial charge in [-0.05, 0) is 18.2 Å². The summed E-state index contributed by atoms with van der Waals surface area (Å²) < 4.78 is 109. The molecular weight excluding hydrogens is 408 g/mol. The minimum atomic E-state index is -6.38. The maximum atomic E-state index is 14.6. The lowest BCUT2D eigenvalue weighted by Crippen LogP contribution is -2.56. The third-order valence-corrected chi connectivity index (χ3v) is 4.19. The van der Waals surface area contributed by atoms with Crippen LogP contribution in [0.3, 0.4) is 0 Å². The van der Waals surface area contributed by atoms with E-state index in [2.05, 4.69) is 5.10 Å². The quantitative estimate of drug-likeness (QED) is 0.437. The second kappa shape index (κ2) is 7.16. The highest BCUT2D eigenvalue weighted by Crippen LogP contribution is 2.53. The molecule has 0 saturated carbocycles. The van der Waals surface area contributed by atoms with E-state index in [4.69, 9.17) is 0 Å². The first-order chi connectivity index (χ1) is 13.5. The highest BCUT2D eigenvalue weighted by Gasteiger charge is 2.76. The van der Waals surface area contributed by atoms with E-state index >= 15 is 0 Å². The smallest absolute Gasteiger partial charge is 0.231 e. The Balaban J connectivity index is 2.23. The van der Waals surface area contributed by atoms with Crippen LogP contribution in [0.25, 0.3) is 16.9 Å². The first kappa shape index (κ1) is 20.8. The second-order valence-electron chi connectivity index (χ2n) is 6.10. The first-order valence-corrected chi connectivity index (χ1v) is 8.13. The molecule has 0 N–H and O–H groups in total. The summed E-state index contributed by atoms with van der Waals surface area (Å²) in [6.07, 6.45) is -5.00. The molecule has 2 nitrogen and oxygen atoms in total. The van der Waals surface area contributed by atoms with Gasteiger partial charge in [-0.15, -0.1) is 0 Å². The van der Waals surface area contributed by atoms with Gasteiger partial charge in [0.25, 0.3) is 0 Å². The molecule has 0 bridgehead atoms. The molecule has 3 aromatic rings. The van der Waals surface area contributed by atoms with Crippen LogP contribution < -0.4 is 0 Å². The number of aromatic nitrogens is 2. The molecule has 0 aliphatic rings. The number of para-hydroxylation sites is 1. The summed E-state index contributed by atoms with van der Waals surface area (Å²) in [4.78, 5) is 0. The summed E-state index contributed by atoms with van der Waals surface area (Å²) in [5, 5.41) is 3.83. The van der Waals surface area contributed by atoms with Gasteiger partial charge in [0.2, 0.25) is 0 Å². The van der Waals surface area contributed by atoms with E-state index in [9.17, 15) is 35.1 Å². The molecule has 0 spiro atoms. The van der Waals surface area contributed by atoms with Gasteiger partial charge >= 0.3 is 24.2 Å². The summed E-state index contributed by atoms with van der Waals surface area (Å²) >= 11 is 0. The Morgan fingerprint density at radius 1 is 0.759 bits per heavy atom. The topological polar surface area (TPSA) is 17.8 Å². The number of nitrogens with zero attached hydrogens (tertiary/aromatic N) is 2. The number of hydrogen-bond donors (Lipinski definition) is 0. The number of benzene rings is 2. The fraction of sp³-hybridized carbons (Fsp3) is 0.211. The second-order valence-corrected chi connectivity index (χ2v) is 6.10. The lowest BCUT2D eigenvalue weighted by molar-refractivity contribution is -0.344. The highest BCUT2D eigenvalue weighted by atomic mass is 19.4. The fourth-order valence-electron chi connectivity index (χ4n) is 2.63. The number of alkyl halides is 8. The Bertz CT molecular complexity index is 968. The molecule has 0 saturated heterocycles. The molecule has 0 amide bonds. The van der Waals surface area contributed by atoms with Crippen molar-refractivity contribution in [2.75, 3.05) is 0 Å². The summed E-state index contributed by atoms with van der Waals surface area (Å²) in [6, 6.07) is 14.7. The molecule has 1 aromatic heterocycles. The third kappa shape index (κ3) is 3.36. The molecule has 29 heavy (non-hydrogen) atoms. The average Bonchev–Trinajstić information content (AvgIpc) is 3.15. The van der Waals surface area contributed by atoms with Gasteiger partial charge < -0.3 is 0 Å². The standard InChI is InChI=1S/C19H12F8N2/c20-16(21)18(24,25)19(26,27)17(22,23)15-11-14(12-7-3-1-4-8-12)28-29(15)13-9-5-2-6-10-13/h1-11,16H. The zero-order valence-electron chi connectivity index (χ0n) is 14.3. The van der Waals surface area contributed by atoms with E-state index in [-0.39, 0.29) is 16.9 Å². The molecule has 0 unspecified atom stereocenters. The van der Waals surface area contributed by atoms with E-state index in [1.54, 1.807) is 6.07 Å². The van der Waals surface area contributed by atoms with Crippen molar-refractivity contribution in [2.45, 2.75) is 24.2 Å². The van der Waals surface area contributed by atoms with Crippen LogP contribution in [-0.2, 0) is 5.92 Å². The number of hydrogen-bond acceptors (Lipinski definition) is 1. The Hall–Kier alpha value is -2.91. The Labute approximate surface area is 159 Å². The van der Waals surface area contributed by atoms with Crippen molar-refractivity contribution in [1.82, 2.24) is 9.78 Å². The van der Waals surface area contributed by atoms with Crippen molar-refractivity contribution in [3.05, 3.63) is 72.4 Å². The molecule has 154 valence electrons. The van der Waals surface area contributed by atoms with Crippen molar-refractivity contribution >= 4 is 0 Å². The van der Waals surface area contributed by atoms with E-state index in [0.717, 1.165) is 0 Å². The molecule has 0 radical (unpaired) electrons. The minimum absolute atomic E-state index is 0.138. The van der Waals surface area contributed by atoms with Crippen LogP contribution in [0, 0.1) is 0 Å². The fourth-order valence-corrected chi connectivity index (χ4v) is 2.63. The number of rotatable bonds is 6. The van der Waals surface area contributed by atoms with Crippen LogP contribution in [0.2, 0.25) is 0 Å².